The first kappa shape index (κ1) is 17.2. The van der Waals surface area contributed by atoms with Crippen LogP contribution in [0.15, 0.2) is 0 Å². The number of rotatable bonds is 5. The Hall–Kier alpha value is -1.26. The number of nitrogens with one attached hydrogen (secondary N) is 1. The summed E-state index contributed by atoms with van der Waals surface area (Å²) in [7, 11) is 0. The molecule has 0 aromatic carbocycles. The standard InChI is InChI=1S/C15H21ClN6O2S/c16-14-18-12-11(13(20-14)22-5-9-24-10-6-22)25-15(19-12)17-1-2-21-3-7-23-8-4-21/h1-10H2,(H,17,18,19,20). The van der Waals surface area contributed by atoms with E-state index in [0.29, 0.717) is 18.9 Å². The Morgan fingerprint density at radius 2 is 1.72 bits per heavy atom. The molecular weight excluding hydrogens is 364 g/mol. The first-order valence-corrected chi connectivity index (χ1v) is 9.70. The van der Waals surface area contributed by atoms with Crippen LogP contribution in [-0.2, 0) is 9.47 Å². The van der Waals surface area contributed by atoms with Crippen LogP contribution in [0.2, 0.25) is 5.28 Å². The Morgan fingerprint density at radius 1 is 1.00 bits per heavy atom. The second-order valence-electron chi connectivity index (χ2n) is 5.97. The van der Waals surface area contributed by atoms with Gasteiger partial charge in [-0.1, -0.05) is 11.3 Å². The molecule has 4 heterocycles. The van der Waals surface area contributed by atoms with Crippen LogP contribution >= 0.6 is 22.9 Å². The summed E-state index contributed by atoms with van der Waals surface area (Å²) in [6.07, 6.45) is 0. The fraction of sp³-hybridized carbons (Fsp3) is 0.667. The van der Waals surface area contributed by atoms with Crippen molar-refractivity contribution in [1.29, 1.82) is 0 Å². The van der Waals surface area contributed by atoms with Crippen molar-refractivity contribution in [2.75, 3.05) is 75.9 Å². The number of ether oxygens (including phenoxy) is 2. The van der Waals surface area contributed by atoms with E-state index in [1.165, 1.54) is 0 Å². The molecule has 0 bridgehead atoms. The van der Waals surface area contributed by atoms with Crippen LogP contribution in [0.4, 0.5) is 10.9 Å². The molecule has 0 spiro atoms. The molecule has 136 valence electrons. The summed E-state index contributed by atoms with van der Waals surface area (Å²) >= 11 is 7.69. The van der Waals surface area contributed by atoms with E-state index in [1.54, 1.807) is 11.3 Å². The number of morpholine rings is 2. The van der Waals surface area contributed by atoms with Crippen molar-refractivity contribution in [2.24, 2.45) is 0 Å². The average molecular weight is 385 g/mol. The Morgan fingerprint density at radius 3 is 2.48 bits per heavy atom. The maximum atomic E-state index is 6.10. The van der Waals surface area contributed by atoms with Crippen LogP contribution in [-0.4, -0.2) is 85.5 Å². The van der Waals surface area contributed by atoms with Gasteiger partial charge in [-0.05, 0) is 11.6 Å². The van der Waals surface area contributed by atoms with Crippen LogP contribution in [0.5, 0.6) is 0 Å². The number of hydrogen-bond acceptors (Lipinski definition) is 9. The normalized spacial score (nSPS) is 19.5. The van der Waals surface area contributed by atoms with E-state index in [4.69, 9.17) is 21.1 Å². The molecule has 4 rings (SSSR count). The molecule has 0 radical (unpaired) electrons. The topological polar surface area (TPSA) is 75.6 Å². The number of hydrogen-bond donors (Lipinski definition) is 1. The second-order valence-corrected chi connectivity index (χ2v) is 7.31. The number of halogens is 1. The molecule has 0 aliphatic carbocycles. The number of nitrogens with zero attached hydrogens (tertiary/aromatic N) is 5. The van der Waals surface area contributed by atoms with Gasteiger partial charge in [-0.25, -0.2) is 0 Å². The van der Waals surface area contributed by atoms with Gasteiger partial charge < -0.3 is 19.7 Å². The van der Waals surface area contributed by atoms with Crippen molar-refractivity contribution in [1.82, 2.24) is 19.9 Å². The molecule has 0 saturated carbocycles. The summed E-state index contributed by atoms with van der Waals surface area (Å²) in [4.78, 5) is 17.9. The molecule has 2 saturated heterocycles. The third-order valence-corrected chi connectivity index (χ3v) is 5.49. The lowest BCUT2D eigenvalue weighted by molar-refractivity contribution is 0.0398. The molecule has 1 N–H and O–H groups in total. The molecule has 10 heteroatoms. The molecule has 2 aliphatic rings. The Bertz CT molecular complexity index is 717. The summed E-state index contributed by atoms with van der Waals surface area (Å²) in [5, 5.41) is 4.49. The number of thiazole rings is 1. The summed E-state index contributed by atoms with van der Waals surface area (Å²) in [5.74, 6) is 0.858. The molecule has 25 heavy (non-hydrogen) atoms. The van der Waals surface area contributed by atoms with Crippen molar-refractivity contribution in [3.63, 3.8) is 0 Å². The largest absolute Gasteiger partial charge is 0.379 e. The van der Waals surface area contributed by atoms with Crippen LogP contribution < -0.4 is 10.2 Å². The zero-order valence-corrected chi connectivity index (χ0v) is 15.5. The molecule has 2 fully saturated rings. The molecule has 2 aromatic heterocycles. The summed E-state index contributed by atoms with van der Waals surface area (Å²) in [5.41, 5.74) is 0.653. The van der Waals surface area contributed by atoms with Gasteiger partial charge in [-0.15, -0.1) is 0 Å². The zero-order valence-electron chi connectivity index (χ0n) is 13.9. The maximum Gasteiger partial charge on any atom is 0.226 e. The minimum Gasteiger partial charge on any atom is -0.379 e. The average Bonchev–Trinajstić information content (AvgIpc) is 3.05. The molecule has 0 atom stereocenters. The van der Waals surface area contributed by atoms with E-state index in [0.717, 1.165) is 68.1 Å². The smallest absolute Gasteiger partial charge is 0.226 e. The minimum absolute atomic E-state index is 0.235. The molecule has 2 aliphatic heterocycles. The zero-order chi connectivity index (χ0) is 17.1. The van der Waals surface area contributed by atoms with E-state index < -0.39 is 0 Å². The summed E-state index contributed by atoms with van der Waals surface area (Å²) in [6.45, 7) is 8.44. The molecular formula is C15H21ClN6O2S. The van der Waals surface area contributed by atoms with Crippen molar-refractivity contribution >= 4 is 44.2 Å². The van der Waals surface area contributed by atoms with E-state index in [2.05, 4.69) is 30.1 Å². The van der Waals surface area contributed by atoms with Crippen LogP contribution in [0, 0.1) is 0 Å². The minimum atomic E-state index is 0.235. The highest BCUT2D eigenvalue weighted by atomic mass is 35.5. The van der Waals surface area contributed by atoms with Crippen LogP contribution in [0.3, 0.4) is 0 Å². The Balaban J connectivity index is 1.47. The Labute approximate surface area is 155 Å². The predicted octanol–water partition coefficient (Wildman–Crippen LogP) is 1.32. The van der Waals surface area contributed by atoms with Crippen molar-refractivity contribution in [3.05, 3.63) is 5.28 Å². The number of aromatic nitrogens is 3. The van der Waals surface area contributed by atoms with Gasteiger partial charge in [-0.2, -0.15) is 15.0 Å². The van der Waals surface area contributed by atoms with Gasteiger partial charge in [0.1, 0.15) is 4.70 Å². The lowest BCUT2D eigenvalue weighted by Gasteiger charge is -2.27. The molecule has 0 unspecified atom stereocenters. The van der Waals surface area contributed by atoms with Gasteiger partial charge in [0.05, 0.1) is 26.4 Å². The van der Waals surface area contributed by atoms with E-state index in [1.807, 2.05) is 0 Å². The van der Waals surface area contributed by atoms with E-state index >= 15 is 0 Å². The number of fused-ring (bicyclic) bond motifs is 1. The quantitative estimate of drug-likeness (QED) is 0.773. The fourth-order valence-electron chi connectivity index (χ4n) is 2.99. The van der Waals surface area contributed by atoms with Crippen molar-refractivity contribution in [3.8, 4) is 0 Å². The summed E-state index contributed by atoms with van der Waals surface area (Å²) in [6, 6.07) is 0. The lowest BCUT2D eigenvalue weighted by atomic mass is 10.4. The third kappa shape index (κ3) is 4.12. The highest BCUT2D eigenvalue weighted by Gasteiger charge is 2.20. The van der Waals surface area contributed by atoms with Gasteiger partial charge in [0, 0.05) is 39.3 Å². The summed E-state index contributed by atoms with van der Waals surface area (Å²) < 4.78 is 11.8. The van der Waals surface area contributed by atoms with Crippen molar-refractivity contribution in [2.45, 2.75) is 0 Å². The van der Waals surface area contributed by atoms with E-state index in [-0.39, 0.29) is 5.28 Å². The van der Waals surface area contributed by atoms with Crippen LogP contribution in [0.1, 0.15) is 0 Å². The predicted molar refractivity (Wildman–Crippen MR) is 99.0 cm³/mol. The maximum absolute atomic E-state index is 6.10. The first-order chi connectivity index (χ1) is 12.3. The first-order valence-electron chi connectivity index (χ1n) is 8.50. The van der Waals surface area contributed by atoms with Gasteiger partial charge in [0.25, 0.3) is 0 Å². The fourth-order valence-corrected chi connectivity index (χ4v) is 4.10. The van der Waals surface area contributed by atoms with Gasteiger partial charge in [0.15, 0.2) is 16.6 Å². The lowest BCUT2D eigenvalue weighted by Crippen LogP contribution is -2.38. The van der Waals surface area contributed by atoms with Gasteiger partial charge >= 0.3 is 0 Å². The van der Waals surface area contributed by atoms with Gasteiger partial charge in [-0.3, -0.25) is 4.90 Å². The Kier molecular flexibility index (Phi) is 5.47. The monoisotopic (exact) mass is 384 g/mol. The second kappa shape index (κ2) is 7.96. The highest BCUT2D eigenvalue weighted by molar-refractivity contribution is 7.22. The van der Waals surface area contributed by atoms with E-state index in [9.17, 15) is 0 Å². The number of anilines is 2. The van der Waals surface area contributed by atoms with Crippen LogP contribution in [0.25, 0.3) is 10.3 Å². The van der Waals surface area contributed by atoms with Gasteiger partial charge in [0.2, 0.25) is 5.28 Å². The molecule has 2 aromatic rings. The highest BCUT2D eigenvalue weighted by Crippen LogP contribution is 2.33. The van der Waals surface area contributed by atoms with Crippen molar-refractivity contribution < 1.29 is 9.47 Å². The third-order valence-electron chi connectivity index (χ3n) is 4.33. The molecule has 8 nitrogen and oxygen atoms in total. The SMILES string of the molecule is Clc1nc(N2CCOCC2)c2sc(NCCN3CCOCC3)nc2n1. The molecule has 0 amide bonds.